The molecule has 1 N–H and O–H groups in total. The lowest BCUT2D eigenvalue weighted by Crippen LogP contribution is -2.21. The first-order valence-corrected chi connectivity index (χ1v) is 8.65. The lowest BCUT2D eigenvalue weighted by Gasteiger charge is -2.31. The predicted octanol–water partition coefficient (Wildman–Crippen LogP) is 6.43. The van der Waals surface area contributed by atoms with Crippen LogP contribution in [0.4, 0.5) is 0 Å². The van der Waals surface area contributed by atoms with Crippen molar-refractivity contribution in [3.63, 3.8) is 0 Å². The lowest BCUT2D eigenvalue weighted by atomic mass is 9.74. The van der Waals surface area contributed by atoms with Crippen LogP contribution in [0.25, 0.3) is 11.1 Å². The van der Waals surface area contributed by atoms with E-state index in [-0.39, 0.29) is 10.8 Å². The Kier molecular flexibility index (Phi) is 4.89. The Labute approximate surface area is 141 Å². The Hall–Kier alpha value is -1.76. The van der Waals surface area contributed by atoms with Crippen molar-refractivity contribution in [1.82, 2.24) is 0 Å². The van der Waals surface area contributed by atoms with E-state index in [4.69, 9.17) is 0 Å². The van der Waals surface area contributed by atoms with Gasteiger partial charge in [-0.2, -0.15) is 0 Å². The van der Waals surface area contributed by atoms with E-state index in [0.29, 0.717) is 5.75 Å². The van der Waals surface area contributed by atoms with E-state index in [9.17, 15) is 5.11 Å². The molecule has 0 atom stereocenters. The summed E-state index contributed by atoms with van der Waals surface area (Å²) >= 11 is 0. The van der Waals surface area contributed by atoms with Crippen LogP contribution in [0, 0.1) is 0 Å². The van der Waals surface area contributed by atoms with Gasteiger partial charge in [0.25, 0.3) is 0 Å². The van der Waals surface area contributed by atoms with Crippen molar-refractivity contribution < 1.29 is 5.11 Å². The summed E-state index contributed by atoms with van der Waals surface area (Å²) in [4.78, 5) is 0. The summed E-state index contributed by atoms with van der Waals surface area (Å²) in [6.07, 6.45) is 2.21. The third-order valence-electron chi connectivity index (χ3n) is 5.48. The maximum absolute atomic E-state index is 9.56. The van der Waals surface area contributed by atoms with Gasteiger partial charge in [-0.15, -0.1) is 0 Å². The van der Waals surface area contributed by atoms with Crippen molar-refractivity contribution in [2.45, 2.75) is 65.2 Å². The Morgan fingerprint density at radius 2 is 1.35 bits per heavy atom. The van der Waals surface area contributed by atoms with Gasteiger partial charge in [0.15, 0.2) is 0 Å². The second-order valence-electron chi connectivity index (χ2n) is 7.78. The topological polar surface area (TPSA) is 20.2 Å². The van der Waals surface area contributed by atoms with Gasteiger partial charge in [0.1, 0.15) is 5.75 Å². The second kappa shape index (κ2) is 6.39. The maximum atomic E-state index is 9.56. The zero-order chi connectivity index (χ0) is 17.3. The van der Waals surface area contributed by atoms with Crippen LogP contribution < -0.4 is 0 Å². The monoisotopic (exact) mass is 310 g/mol. The summed E-state index contributed by atoms with van der Waals surface area (Å²) in [5.41, 5.74) is 5.54. The van der Waals surface area contributed by atoms with E-state index < -0.39 is 0 Å². The van der Waals surface area contributed by atoms with Gasteiger partial charge >= 0.3 is 0 Å². The van der Waals surface area contributed by atoms with E-state index in [1.54, 1.807) is 12.1 Å². The quantitative estimate of drug-likeness (QED) is 0.674. The highest BCUT2D eigenvalue weighted by atomic mass is 16.3. The van der Waals surface area contributed by atoms with Crippen molar-refractivity contribution in [2.75, 3.05) is 0 Å². The van der Waals surface area contributed by atoms with Crippen molar-refractivity contribution in [3.05, 3.63) is 53.6 Å². The highest BCUT2D eigenvalue weighted by molar-refractivity contribution is 5.70. The highest BCUT2D eigenvalue weighted by Gasteiger charge is 2.26. The molecule has 124 valence electrons. The number of phenolic OH excluding ortho intramolecular Hbond substituents is 1. The van der Waals surface area contributed by atoms with Gasteiger partial charge in [-0.25, -0.2) is 0 Å². The SMILES string of the molecule is CCC(C)(C)c1ccc(-c2ccc(O)cc2)c(C(C)(C)CC)c1. The smallest absolute Gasteiger partial charge is 0.115 e. The Bertz CT molecular complexity index is 663. The highest BCUT2D eigenvalue weighted by Crippen LogP contribution is 2.39. The minimum Gasteiger partial charge on any atom is -0.508 e. The summed E-state index contributed by atoms with van der Waals surface area (Å²) in [5.74, 6) is 0.314. The Morgan fingerprint density at radius 1 is 0.783 bits per heavy atom. The maximum Gasteiger partial charge on any atom is 0.115 e. The first-order chi connectivity index (χ1) is 10.7. The van der Waals surface area contributed by atoms with Crippen LogP contribution >= 0.6 is 0 Å². The number of phenols is 1. The van der Waals surface area contributed by atoms with E-state index in [1.807, 2.05) is 12.1 Å². The molecule has 0 saturated carbocycles. The lowest BCUT2D eigenvalue weighted by molar-refractivity contribution is 0.475. The predicted molar refractivity (Wildman–Crippen MR) is 100 cm³/mol. The first kappa shape index (κ1) is 17.6. The fraction of sp³-hybridized carbons (Fsp3) is 0.455. The molecule has 0 aliphatic carbocycles. The summed E-state index contributed by atoms with van der Waals surface area (Å²) in [6, 6.07) is 14.5. The molecular formula is C22H30O. The van der Waals surface area contributed by atoms with Gasteiger partial charge in [-0.1, -0.05) is 71.9 Å². The normalized spacial score (nSPS) is 12.4. The van der Waals surface area contributed by atoms with E-state index in [2.05, 4.69) is 59.7 Å². The molecule has 0 aliphatic heterocycles. The molecule has 0 aliphatic rings. The zero-order valence-electron chi connectivity index (χ0n) is 15.4. The minimum atomic E-state index is 0.118. The number of benzene rings is 2. The van der Waals surface area contributed by atoms with Crippen LogP contribution in [-0.2, 0) is 10.8 Å². The number of rotatable bonds is 5. The molecule has 1 nitrogen and oxygen atoms in total. The second-order valence-corrected chi connectivity index (χ2v) is 7.78. The van der Waals surface area contributed by atoms with Gasteiger partial charge in [-0.05, 0) is 58.1 Å². The number of hydrogen-bond acceptors (Lipinski definition) is 1. The Balaban J connectivity index is 2.65. The third-order valence-corrected chi connectivity index (χ3v) is 5.48. The average molecular weight is 310 g/mol. The van der Waals surface area contributed by atoms with Gasteiger partial charge in [-0.3, -0.25) is 0 Å². The number of hydrogen-bond donors (Lipinski definition) is 1. The molecule has 2 rings (SSSR count). The summed E-state index contributed by atoms with van der Waals surface area (Å²) in [7, 11) is 0. The molecular weight excluding hydrogens is 280 g/mol. The van der Waals surface area contributed by atoms with Crippen LogP contribution in [0.3, 0.4) is 0 Å². The molecule has 0 spiro atoms. The molecule has 0 heterocycles. The molecule has 23 heavy (non-hydrogen) atoms. The van der Waals surface area contributed by atoms with Crippen LogP contribution in [-0.4, -0.2) is 5.11 Å². The first-order valence-electron chi connectivity index (χ1n) is 8.65. The molecule has 0 fully saturated rings. The molecule has 0 radical (unpaired) electrons. The van der Waals surface area contributed by atoms with Crippen LogP contribution in [0.2, 0.25) is 0 Å². The molecule has 0 bridgehead atoms. The largest absolute Gasteiger partial charge is 0.508 e. The molecule has 0 aromatic heterocycles. The average Bonchev–Trinajstić information content (AvgIpc) is 2.55. The molecule has 0 amide bonds. The van der Waals surface area contributed by atoms with E-state index >= 15 is 0 Å². The standard InChI is InChI=1S/C22H30O/c1-7-21(3,4)17-11-14-19(16-9-12-18(23)13-10-16)20(15-17)22(5,6)8-2/h9-15,23H,7-8H2,1-6H3. The van der Waals surface area contributed by atoms with Gasteiger partial charge in [0.2, 0.25) is 0 Å². The van der Waals surface area contributed by atoms with Gasteiger partial charge in [0, 0.05) is 0 Å². The number of aromatic hydroxyl groups is 1. The third kappa shape index (κ3) is 3.60. The molecule has 2 aromatic rings. The molecule has 1 heteroatoms. The van der Waals surface area contributed by atoms with Crippen molar-refractivity contribution >= 4 is 0 Å². The van der Waals surface area contributed by atoms with Crippen LogP contribution in [0.15, 0.2) is 42.5 Å². The summed E-state index contributed by atoms with van der Waals surface area (Å²) < 4.78 is 0. The summed E-state index contributed by atoms with van der Waals surface area (Å²) in [5, 5.41) is 9.56. The minimum absolute atomic E-state index is 0.118. The molecule has 0 saturated heterocycles. The van der Waals surface area contributed by atoms with E-state index in [0.717, 1.165) is 12.8 Å². The Morgan fingerprint density at radius 3 is 1.87 bits per heavy atom. The molecule has 0 unspecified atom stereocenters. The van der Waals surface area contributed by atoms with Crippen molar-refractivity contribution in [2.24, 2.45) is 0 Å². The van der Waals surface area contributed by atoms with Gasteiger partial charge in [0.05, 0.1) is 0 Å². The van der Waals surface area contributed by atoms with Crippen molar-refractivity contribution in [1.29, 1.82) is 0 Å². The molecule has 2 aromatic carbocycles. The van der Waals surface area contributed by atoms with Crippen LogP contribution in [0.1, 0.15) is 65.5 Å². The van der Waals surface area contributed by atoms with Gasteiger partial charge < -0.3 is 5.11 Å². The summed E-state index contributed by atoms with van der Waals surface area (Å²) in [6.45, 7) is 13.7. The van der Waals surface area contributed by atoms with Crippen molar-refractivity contribution in [3.8, 4) is 16.9 Å². The van der Waals surface area contributed by atoms with E-state index in [1.165, 1.54) is 22.3 Å². The van der Waals surface area contributed by atoms with Crippen LogP contribution in [0.5, 0.6) is 5.75 Å². The zero-order valence-corrected chi connectivity index (χ0v) is 15.4. The fourth-order valence-corrected chi connectivity index (χ4v) is 2.81. The fourth-order valence-electron chi connectivity index (χ4n) is 2.81.